The topological polar surface area (TPSA) is 12.0 Å². The molecule has 1 N–H and O–H groups in total. The number of hydrogen-bond donors (Lipinski definition) is 1. The van der Waals surface area contributed by atoms with Crippen molar-refractivity contribution < 1.29 is 0 Å². The SMILES string of the molecule is CCCNCC=C=C(C)C. The van der Waals surface area contributed by atoms with Crippen molar-refractivity contribution in [3.05, 3.63) is 17.4 Å². The average Bonchev–Trinajstić information content (AvgIpc) is 1.87. The Morgan fingerprint density at radius 3 is 2.70 bits per heavy atom. The van der Waals surface area contributed by atoms with Crippen molar-refractivity contribution in [3.8, 4) is 0 Å². The summed E-state index contributed by atoms with van der Waals surface area (Å²) >= 11 is 0. The molecule has 0 aromatic heterocycles. The quantitative estimate of drug-likeness (QED) is 0.464. The number of nitrogens with one attached hydrogen (secondary N) is 1. The van der Waals surface area contributed by atoms with Gasteiger partial charge in [0.1, 0.15) is 0 Å². The normalized spacial score (nSPS) is 8.70. The second-order valence-corrected chi connectivity index (χ2v) is 2.55. The van der Waals surface area contributed by atoms with E-state index in [1.54, 1.807) is 0 Å². The van der Waals surface area contributed by atoms with Crippen molar-refractivity contribution in [2.24, 2.45) is 0 Å². The van der Waals surface area contributed by atoms with E-state index in [0.717, 1.165) is 13.1 Å². The first-order valence-electron chi connectivity index (χ1n) is 3.86. The molecule has 0 bridgehead atoms. The van der Waals surface area contributed by atoms with E-state index in [-0.39, 0.29) is 0 Å². The third-order valence-corrected chi connectivity index (χ3v) is 1.06. The molecule has 0 aliphatic carbocycles. The molecule has 0 radical (unpaired) electrons. The van der Waals surface area contributed by atoms with Crippen LogP contribution in [0.2, 0.25) is 0 Å². The third kappa shape index (κ3) is 7.48. The molecular formula is C9H17N. The van der Waals surface area contributed by atoms with Gasteiger partial charge in [-0.2, -0.15) is 0 Å². The summed E-state index contributed by atoms with van der Waals surface area (Å²) in [4.78, 5) is 0. The van der Waals surface area contributed by atoms with Crippen molar-refractivity contribution in [1.82, 2.24) is 5.32 Å². The first-order valence-corrected chi connectivity index (χ1v) is 3.86. The van der Waals surface area contributed by atoms with E-state index in [1.165, 1.54) is 12.0 Å². The van der Waals surface area contributed by atoms with Gasteiger partial charge >= 0.3 is 0 Å². The zero-order valence-electron chi connectivity index (χ0n) is 7.20. The van der Waals surface area contributed by atoms with Gasteiger partial charge in [0.2, 0.25) is 0 Å². The molecule has 0 amide bonds. The lowest BCUT2D eigenvalue weighted by atomic mass is 10.3. The van der Waals surface area contributed by atoms with E-state index in [0.29, 0.717) is 0 Å². The fourth-order valence-electron chi connectivity index (χ4n) is 0.606. The Balaban J connectivity index is 3.27. The maximum atomic E-state index is 3.26. The molecule has 0 saturated carbocycles. The highest BCUT2D eigenvalue weighted by Crippen LogP contribution is 1.81. The number of hydrogen-bond acceptors (Lipinski definition) is 1. The predicted molar refractivity (Wildman–Crippen MR) is 46.1 cm³/mol. The Bertz CT molecular complexity index is 126. The molecule has 0 heterocycles. The highest BCUT2D eigenvalue weighted by molar-refractivity contribution is 4.94. The second-order valence-electron chi connectivity index (χ2n) is 2.55. The van der Waals surface area contributed by atoms with Crippen molar-refractivity contribution in [2.75, 3.05) is 13.1 Å². The van der Waals surface area contributed by atoms with Crippen molar-refractivity contribution >= 4 is 0 Å². The molecule has 0 saturated heterocycles. The second kappa shape index (κ2) is 6.60. The molecule has 0 aromatic carbocycles. The standard InChI is InChI=1S/C9H17N/c1-4-7-10-8-5-6-9(2)3/h5,10H,4,7-8H2,1-3H3. The highest BCUT2D eigenvalue weighted by Gasteiger charge is 1.76. The summed E-state index contributed by atoms with van der Waals surface area (Å²) in [6.07, 6.45) is 3.23. The lowest BCUT2D eigenvalue weighted by Crippen LogP contribution is -2.13. The Morgan fingerprint density at radius 2 is 2.20 bits per heavy atom. The Morgan fingerprint density at radius 1 is 1.50 bits per heavy atom. The van der Waals surface area contributed by atoms with Crippen LogP contribution in [0, 0.1) is 0 Å². The smallest absolute Gasteiger partial charge is 0.0210 e. The van der Waals surface area contributed by atoms with Gasteiger partial charge in [0.25, 0.3) is 0 Å². The maximum absolute atomic E-state index is 3.26. The lowest BCUT2D eigenvalue weighted by Gasteiger charge is -1.93. The molecule has 0 spiro atoms. The molecule has 0 aromatic rings. The van der Waals surface area contributed by atoms with Gasteiger partial charge in [-0.3, -0.25) is 0 Å². The maximum Gasteiger partial charge on any atom is 0.0210 e. The van der Waals surface area contributed by atoms with E-state index >= 15 is 0 Å². The molecule has 0 rings (SSSR count). The van der Waals surface area contributed by atoms with Crippen LogP contribution in [0.15, 0.2) is 17.4 Å². The van der Waals surface area contributed by atoms with Gasteiger partial charge in [0, 0.05) is 6.54 Å². The van der Waals surface area contributed by atoms with Gasteiger partial charge in [0.15, 0.2) is 0 Å². The van der Waals surface area contributed by atoms with Gasteiger partial charge < -0.3 is 5.32 Å². The molecule has 0 aliphatic heterocycles. The van der Waals surface area contributed by atoms with E-state index in [9.17, 15) is 0 Å². The van der Waals surface area contributed by atoms with Gasteiger partial charge in [0.05, 0.1) is 0 Å². The Labute approximate surface area is 63.8 Å². The monoisotopic (exact) mass is 139 g/mol. The van der Waals surface area contributed by atoms with Gasteiger partial charge in [-0.05, 0) is 38.5 Å². The van der Waals surface area contributed by atoms with Crippen LogP contribution in [0.5, 0.6) is 0 Å². The Kier molecular flexibility index (Phi) is 6.25. The lowest BCUT2D eigenvalue weighted by molar-refractivity contribution is 0.729. The van der Waals surface area contributed by atoms with Crippen LogP contribution in [-0.2, 0) is 0 Å². The molecule has 0 fully saturated rings. The van der Waals surface area contributed by atoms with Crippen LogP contribution < -0.4 is 5.32 Å². The molecule has 1 nitrogen and oxygen atoms in total. The van der Waals surface area contributed by atoms with E-state index in [2.05, 4.69) is 31.8 Å². The predicted octanol–water partition coefficient (Wildman–Crippen LogP) is 2.11. The van der Waals surface area contributed by atoms with Crippen LogP contribution in [-0.4, -0.2) is 13.1 Å². The van der Waals surface area contributed by atoms with Gasteiger partial charge in [-0.1, -0.05) is 6.92 Å². The molecule has 10 heavy (non-hydrogen) atoms. The summed E-state index contributed by atoms with van der Waals surface area (Å²) in [5.41, 5.74) is 4.37. The summed E-state index contributed by atoms with van der Waals surface area (Å²) in [6.45, 7) is 8.31. The van der Waals surface area contributed by atoms with Crippen LogP contribution in [0.1, 0.15) is 27.2 Å². The minimum atomic E-state index is 0.943. The van der Waals surface area contributed by atoms with Crippen LogP contribution in [0.4, 0.5) is 0 Å². The minimum absolute atomic E-state index is 0.943. The first kappa shape index (κ1) is 9.48. The molecule has 1 heteroatoms. The molecule has 0 unspecified atom stereocenters. The zero-order valence-corrected chi connectivity index (χ0v) is 7.20. The van der Waals surface area contributed by atoms with Gasteiger partial charge in [-0.25, -0.2) is 0 Å². The van der Waals surface area contributed by atoms with Crippen LogP contribution in [0.25, 0.3) is 0 Å². The molecule has 0 aliphatic rings. The highest BCUT2D eigenvalue weighted by atomic mass is 14.8. The van der Waals surface area contributed by atoms with Crippen molar-refractivity contribution in [1.29, 1.82) is 0 Å². The minimum Gasteiger partial charge on any atom is -0.313 e. The summed E-state index contributed by atoms with van der Waals surface area (Å²) < 4.78 is 0. The van der Waals surface area contributed by atoms with E-state index in [4.69, 9.17) is 0 Å². The fourth-order valence-corrected chi connectivity index (χ4v) is 0.606. The van der Waals surface area contributed by atoms with Crippen LogP contribution >= 0.6 is 0 Å². The molecular weight excluding hydrogens is 122 g/mol. The van der Waals surface area contributed by atoms with Crippen LogP contribution in [0.3, 0.4) is 0 Å². The van der Waals surface area contributed by atoms with Crippen molar-refractivity contribution in [3.63, 3.8) is 0 Å². The third-order valence-electron chi connectivity index (χ3n) is 1.06. The Hall–Kier alpha value is -0.520. The van der Waals surface area contributed by atoms with Gasteiger partial charge in [-0.15, -0.1) is 5.73 Å². The summed E-state index contributed by atoms with van der Waals surface area (Å²) in [5.74, 6) is 0. The summed E-state index contributed by atoms with van der Waals surface area (Å²) in [7, 11) is 0. The summed E-state index contributed by atoms with van der Waals surface area (Å²) in [6, 6.07) is 0. The van der Waals surface area contributed by atoms with E-state index < -0.39 is 0 Å². The first-order chi connectivity index (χ1) is 4.77. The average molecular weight is 139 g/mol. The van der Waals surface area contributed by atoms with E-state index in [1.807, 2.05) is 6.08 Å². The largest absolute Gasteiger partial charge is 0.313 e. The number of rotatable bonds is 4. The summed E-state index contributed by atoms with van der Waals surface area (Å²) in [5, 5.41) is 3.26. The zero-order chi connectivity index (χ0) is 7.82. The van der Waals surface area contributed by atoms with Crippen molar-refractivity contribution in [2.45, 2.75) is 27.2 Å². The fraction of sp³-hybridized carbons (Fsp3) is 0.667. The molecule has 58 valence electrons. The molecule has 0 atom stereocenters.